The summed E-state index contributed by atoms with van der Waals surface area (Å²) in [5, 5.41) is 2.96. The fourth-order valence-electron chi connectivity index (χ4n) is 4.88. The number of carbonyl (C=O) groups is 3. The smallest absolute Gasteiger partial charge is 0.327 e. The minimum atomic E-state index is -0.747. The molecule has 1 aromatic rings. The van der Waals surface area contributed by atoms with E-state index in [4.69, 9.17) is 0 Å². The molecular weight excluding hydrogens is 380 g/mol. The maximum absolute atomic E-state index is 13.1. The normalized spacial score (nSPS) is 19.6. The largest absolute Gasteiger partial charge is 0.353 e. The molecule has 3 rings (SSSR count). The van der Waals surface area contributed by atoms with Gasteiger partial charge in [-0.05, 0) is 31.5 Å². The topological polar surface area (TPSA) is 73.0 Å². The number of nitrogens with one attached hydrogen (secondary N) is 1. The fourth-order valence-corrected chi connectivity index (χ4v) is 4.88. The van der Waals surface area contributed by atoms with Gasteiger partial charge in [0.1, 0.15) is 12.1 Å². The Labute approximate surface area is 179 Å². The van der Waals surface area contributed by atoms with Gasteiger partial charge in [0.05, 0.1) is 6.04 Å². The van der Waals surface area contributed by atoms with Gasteiger partial charge in [-0.3, -0.25) is 19.4 Å². The first-order chi connectivity index (χ1) is 14.4. The lowest BCUT2D eigenvalue weighted by Crippen LogP contribution is -2.49. The molecule has 7 nitrogen and oxygen atoms in total. The first-order valence-electron chi connectivity index (χ1n) is 11.1. The first kappa shape index (κ1) is 22.3. The molecule has 1 heterocycles. The van der Waals surface area contributed by atoms with Gasteiger partial charge in [-0.25, -0.2) is 4.79 Å². The SMILES string of the molecule is CCN(CC)C(CNC(=O)CN1C(=O)N(C)C2(CCCCC2)C1=O)c1ccccc1. The van der Waals surface area contributed by atoms with Crippen molar-refractivity contribution >= 4 is 17.8 Å². The first-order valence-corrected chi connectivity index (χ1v) is 11.1. The van der Waals surface area contributed by atoms with Crippen molar-refractivity contribution < 1.29 is 14.4 Å². The van der Waals surface area contributed by atoms with Crippen LogP contribution >= 0.6 is 0 Å². The highest BCUT2D eigenvalue weighted by Crippen LogP contribution is 2.39. The Morgan fingerprint density at radius 1 is 1.10 bits per heavy atom. The fraction of sp³-hybridized carbons (Fsp3) is 0.609. The summed E-state index contributed by atoms with van der Waals surface area (Å²) < 4.78 is 0. The van der Waals surface area contributed by atoms with Crippen molar-refractivity contribution in [1.29, 1.82) is 0 Å². The summed E-state index contributed by atoms with van der Waals surface area (Å²) in [5.74, 6) is -0.515. The molecule has 30 heavy (non-hydrogen) atoms. The third kappa shape index (κ3) is 4.21. The van der Waals surface area contributed by atoms with Gasteiger partial charge in [0, 0.05) is 13.6 Å². The Kier molecular flexibility index (Phi) is 7.13. The molecule has 1 saturated heterocycles. The number of amides is 4. The van der Waals surface area contributed by atoms with Gasteiger partial charge in [-0.15, -0.1) is 0 Å². The molecule has 1 N–H and O–H groups in total. The summed E-state index contributed by atoms with van der Waals surface area (Å²) in [4.78, 5) is 43.5. The minimum Gasteiger partial charge on any atom is -0.353 e. The number of nitrogens with zero attached hydrogens (tertiary/aromatic N) is 3. The maximum atomic E-state index is 13.1. The molecule has 1 saturated carbocycles. The molecule has 4 amide bonds. The molecule has 1 spiro atoms. The average Bonchev–Trinajstić information content (AvgIpc) is 2.94. The Balaban J connectivity index is 1.65. The number of benzene rings is 1. The van der Waals surface area contributed by atoms with Crippen LogP contribution in [-0.4, -0.2) is 71.3 Å². The van der Waals surface area contributed by atoms with E-state index in [2.05, 4.69) is 36.2 Å². The van der Waals surface area contributed by atoms with Crippen LogP contribution in [0.4, 0.5) is 4.79 Å². The van der Waals surface area contributed by atoms with Crippen LogP contribution in [0.2, 0.25) is 0 Å². The number of rotatable bonds is 8. The van der Waals surface area contributed by atoms with Crippen LogP contribution in [0.15, 0.2) is 30.3 Å². The Bertz CT molecular complexity index is 757. The van der Waals surface area contributed by atoms with Crippen molar-refractivity contribution in [3.05, 3.63) is 35.9 Å². The van der Waals surface area contributed by atoms with Crippen LogP contribution in [-0.2, 0) is 9.59 Å². The van der Waals surface area contributed by atoms with Crippen LogP contribution in [0, 0.1) is 0 Å². The summed E-state index contributed by atoms with van der Waals surface area (Å²) in [6.45, 7) is 6.14. The van der Waals surface area contributed by atoms with Gasteiger partial charge in [-0.1, -0.05) is 63.4 Å². The molecule has 7 heteroatoms. The predicted octanol–water partition coefficient (Wildman–Crippen LogP) is 2.78. The minimum absolute atomic E-state index is 0.0440. The van der Waals surface area contributed by atoms with Crippen LogP contribution in [0.1, 0.15) is 57.6 Å². The lowest BCUT2D eigenvalue weighted by Gasteiger charge is -2.35. The molecule has 1 aliphatic heterocycles. The van der Waals surface area contributed by atoms with E-state index in [-0.39, 0.29) is 30.4 Å². The third-order valence-electron chi connectivity index (χ3n) is 6.72. The zero-order chi connectivity index (χ0) is 21.7. The summed E-state index contributed by atoms with van der Waals surface area (Å²) >= 11 is 0. The summed E-state index contributed by atoms with van der Waals surface area (Å²) in [6.07, 6.45) is 4.33. The third-order valence-corrected chi connectivity index (χ3v) is 6.72. The summed E-state index contributed by atoms with van der Waals surface area (Å²) in [6, 6.07) is 9.77. The van der Waals surface area contributed by atoms with Gasteiger partial charge >= 0.3 is 6.03 Å². The number of hydrogen-bond acceptors (Lipinski definition) is 4. The van der Waals surface area contributed by atoms with Crippen LogP contribution < -0.4 is 5.32 Å². The lowest BCUT2D eigenvalue weighted by molar-refractivity contribution is -0.137. The van der Waals surface area contributed by atoms with Gasteiger partial charge in [0.15, 0.2) is 0 Å². The monoisotopic (exact) mass is 414 g/mol. The summed E-state index contributed by atoms with van der Waals surface area (Å²) in [7, 11) is 1.69. The second-order valence-corrected chi connectivity index (χ2v) is 8.28. The highest BCUT2D eigenvalue weighted by Gasteiger charge is 2.55. The highest BCUT2D eigenvalue weighted by molar-refractivity contribution is 6.08. The van der Waals surface area contributed by atoms with Gasteiger partial charge in [0.2, 0.25) is 5.91 Å². The highest BCUT2D eigenvalue weighted by atomic mass is 16.2. The Hall–Kier alpha value is -2.41. The number of carbonyl (C=O) groups excluding carboxylic acids is 3. The van der Waals surface area contributed by atoms with E-state index in [1.54, 1.807) is 11.9 Å². The van der Waals surface area contributed by atoms with Crippen molar-refractivity contribution in [2.45, 2.75) is 57.5 Å². The molecule has 0 bridgehead atoms. The number of hydrogen-bond donors (Lipinski definition) is 1. The van der Waals surface area contributed by atoms with Crippen LogP contribution in [0.3, 0.4) is 0 Å². The number of imide groups is 1. The zero-order valence-electron chi connectivity index (χ0n) is 18.4. The molecular formula is C23H34N4O3. The van der Waals surface area contributed by atoms with Crippen molar-refractivity contribution in [2.75, 3.05) is 33.2 Å². The van der Waals surface area contributed by atoms with E-state index >= 15 is 0 Å². The van der Waals surface area contributed by atoms with Crippen molar-refractivity contribution in [1.82, 2.24) is 20.0 Å². The summed E-state index contributed by atoms with van der Waals surface area (Å²) in [5.41, 5.74) is 0.388. The van der Waals surface area contributed by atoms with E-state index in [1.807, 2.05) is 18.2 Å². The van der Waals surface area contributed by atoms with Gasteiger partial charge in [0.25, 0.3) is 5.91 Å². The second kappa shape index (κ2) is 9.60. The van der Waals surface area contributed by atoms with Crippen molar-refractivity contribution in [3.8, 4) is 0 Å². The Morgan fingerprint density at radius 2 is 1.73 bits per heavy atom. The van der Waals surface area contributed by atoms with E-state index in [1.165, 1.54) is 0 Å². The molecule has 1 unspecified atom stereocenters. The number of urea groups is 1. The maximum Gasteiger partial charge on any atom is 0.327 e. The van der Waals surface area contributed by atoms with Crippen molar-refractivity contribution in [3.63, 3.8) is 0 Å². The van der Waals surface area contributed by atoms with E-state index in [0.717, 1.165) is 42.8 Å². The molecule has 164 valence electrons. The lowest BCUT2D eigenvalue weighted by atomic mass is 9.81. The zero-order valence-corrected chi connectivity index (χ0v) is 18.4. The standard InChI is InChI=1S/C23H34N4O3/c1-4-26(5-2)19(18-12-8-6-9-13-18)16-24-20(28)17-27-21(29)23(25(3)22(27)30)14-10-7-11-15-23/h6,8-9,12-13,19H,4-5,7,10-11,14-17H2,1-3H3,(H,24,28). The molecule has 0 aromatic heterocycles. The predicted molar refractivity (Wildman–Crippen MR) is 116 cm³/mol. The van der Waals surface area contributed by atoms with E-state index in [0.29, 0.717) is 19.4 Å². The van der Waals surface area contributed by atoms with Crippen LogP contribution in [0.25, 0.3) is 0 Å². The number of likely N-dealkylation sites (N-methyl/N-ethyl adjacent to an activating group) is 2. The molecule has 1 aromatic carbocycles. The molecule has 1 atom stereocenters. The van der Waals surface area contributed by atoms with Gasteiger partial charge < -0.3 is 10.2 Å². The molecule has 2 fully saturated rings. The molecule has 1 aliphatic carbocycles. The average molecular weight is 415 g/mol. The quantitative estimate of drug-likeness (QED) is 0.664. The Morgan fingerprint density at radius 3 is 2.33 bits per heavy atom. The molecule has 0 radical (unpaired) electrons. The van der Waals surface area contributed by atoms with Gasteiger partial charge in [-0.2, -0.15) is 0 Å². The second-order valence-electron chi connectivity index (χ2n) is 8.28. The van der Waals surface area contributed by atoms with E-state index < -0.39 is 5.54 Å². The van der Waals surface area contributed by atoms with E-state index in [9.17, 15) is 14.4 Å². The van der Waals surface area contributed by atoms with Crippen molar-refractivity contribution in [2.24, 2.45) is 0 Å². The van der Waals surface area contributed by atoms with Crippen LogP contribution in [0.5, 0.6) is 0 Å². The molecule has 2 aliphatic rings.